The highest BCUT2D eigenvalue weighted by Crippen LogP contribution is 2.31. The molecule has 0 saturated carbocycles. The van der Waals surface area contributed by atoms with Crippen molar-refractivity contribution in [3.8, 4) is 11.5 Å². The highest BCUT2D eigenvalue weighted by Gasteiger charge is 2.15. The largest absolute Gasteiger partial charge is 0.457 e. The summed E-state index contributed by atoms with van der Waals surface area (Å²) in [6.45, 7) is 1.33. The van der Waals surface area contributed by atoms with Crippen LogP contribution in [0.1, 0.15) is 17.3 Å². The van der Waals surface area contributed by atoms with Gasteiger partial charge in [0.05, 0.1) is 15.8 Å². The van der Waals surface area contributed by atoms with Crippen LogP contribution < -0.4 is 15.4 Å². The number of anilines is 2. The van der Waals surface area contributed by atoms with Crippen LogP contribution in [0.3, 0.4) is 0 Å². The first-order valence-electron chi connectivity index (χ1n) is 9.00. The number of carbonyl (C=O) groups excluding carboxylic acids is 2. The maximum atomic E-state index is 14.1. The van der Waals surface area contributed by atoms with Gasteiger partial charge in [-0.25, -0.2) is 9.37 Å². The van der Waals surface area contributed by atoms with E-state index < -0.39 is 11.7 Å². The van der Waals surface area contributed by atoms with Crippen molar-refractivity contribution in [2.24, 2.45) is 0 Å². The van der Waals surface area contributed by atoms with Crippen molar-refractivity contribution >= 4 is 44.2 Å². The number of hydrogen-bond acceptors (Lipinski definition) is 5. The van der Waals surface area contributed by atoms with Crippen molar-refractivity contribution < 1.29 is 18.7 Å². The van der Waals surface area contributed by atoms with Gasteiger partial charge in [-0.2, -0.15) is 0 Å². The number of rotatable bonds is 5. The van der Waals surface area contributed by atoms with Crippen LogP contribution in [-0.2, 0) is 4.79 Å². The molecule has 0 aliphatic rings. The van der Waals surface area contributed by atoms with Crippen LogP contribution in [0.2, 0.25) is 0 Å². The van der Waals surface area contributed by atoms with Crippen molar-refractivity contribution in [2.45, 2.75) is 6.92 Å². The monoisotopic (exact) mass is 421 g/mol. The molecule has 0 aliphatic carbocycles. The van der Waals surface area contributed by atoms with Gasteiger partial charge in [-0.1, -0.05) is 29.5 Å². The summed E-state index contributed by atoms with van der Waals surface area (Å²) in [5.74, 6) is -0.304. The molecule has 0 atom stereocenters. The Kier molecular flexibility index (Phi) is 5.40. The molecule has 4 aromatic rings. The Balaban J connectivity index is 1.54. The SMILES string of the molecule is CC(=O)Nc1ccc(F)c(C(=O)Nc2nc3ccc(Oc4ccccc4)cc3s2)c1. The molecule has 150 valence electrons. The highest BCUT2D eigenvalue weighted by atomic mass is 32.1. The molecule has 30 heavy (non-hydrogen) atoms. The third-order valence-corrected chi connectivity index (χ3v) is 5.02. The van der Waals surface area contributed by atoms with Gasteiger partial charge < -0.3 is 10.1 Å². The number of fused-ring (bicyclic) bond motifs is 1. The minimum absolute atomic E-state index is 0.186. The lowest BCUT2D eigenvalue weighted by Crippen LogP contribution is -2.15. The smallest absolute Gasteiger partial charge is 0.260 e. The number of ether oxygens (including phenoxy) is 1. The number of carbonyl (C=O) groups is 2. The number of amides is 2. The van der Waals surface area contributed by atoms with Gasteiger partial charge in [-0.15, -0.1) is 0 Å². The number of halogens is 1. The molecule has 4 rings (SSSR count). The summed E-state index contributed by atoms with van der Waals surface area (Å²) in [6, 6.07) is 18.6. The van der Waals surface area contributed by atoms with E-state index in [1.165, 1.54) is 30.4 Å². The predicted molar refractivity (Wildman–Crippen MR) is 115 cm³/mol. The Hall–Kier alpha value is -3.78. The first kappa shape index (κ1) is 19.5. The first-order valence-corrected chi connectivity index (χ1v) is 9.81. The van der Waals surface area contributed by atoms with Gasteiger partial charge in [0.1, 0.15) is 17.3 Å². The van der Waals surface area contributed by atoms with Crippen LogP contribution in [0.4, 0.5) is 15.2 Å². The lowest BCUT2D eigenvalue weighted by atomic mass is 10.1. The number of thiazole rings is 1. The van der Waals surface area contributed by atoms with E-state index in [9.17, 15) is 14.0 Å². The molecular weight excluding hydrogens is 405 g/mol. The van der Waals surface area contributed by atoms with Gasteiger partial charge >= 0.3 is 0 Å². The highest BCUT2D eigenvalue weighted by molar-refractivity contribution is 7.22. The molecule has 1 heterocycles. The lowest BCUT2D eigenvalue weighted by Gasteiger charge is -2.07. The van der Waals surface area contributed by atoms with Gasteiger partial charge in [0.2, 0.25) is 5.91 Å². The molecule has 0 unspecified atom stereocenters. The molecule has 0 fully saturated rings. The van der Waals surface area contributed by atoms with E-state index in [1.807, 2.05) is 36.4 Å². The molecule has 0 aliphatic heterocycles. The zero-order chi connectivity index (χ0) is 21.1. The van der Waals surface area contributed by atoms with E-state index in [1.54, 1.807) is 12.1 Å². The maximum Gasteiger partial charge on any atom is 0.260 e. The van der Waals surface area contributed by atoms with Crippen LogP contribution in [0.15, 0.2) is 66.7 Å². The number of aromatic nitrogens is 1. The van der Waals surface area contributed by atoms with E-state index in [0.29, 0.717) is 27.8 Å². The molecule has 0 radical (unpaired) electrons. The average molecular weight is 421 g/mol. The Labute approximate surface area is 175 Å². The Bertz CT molecular complexity index is 1240. The molecule has 0 saturated heterocycles. The normalized spacial score (nSPS) is 10.6. The van der Waals surface area contributed by atoms with Crippen molar-refractivity contribution in [2.75, 3.05) is 10.6 Å². The van der Waals surface area contributed by atoms with Crippen LogP contribution >= 0.6 is 11.3 Å². The topological polar surface area (TPSA) is 80.3 Å². The summed E-state index contributed by atoms with van der Waals surface area (Å²) in [5, 5.41) is 5.47. The molecular formula is C22H16FN3O3S. The molecule has 3 aromatic carbocycles. The molecule has 2 N–H and O–H groups in total. The second kappa shape index (κ2) is 8.30. The van der Waals surface area contributed by atoms with Crippen molar-refractivity contribution in [3.05, 3.63) is 78.1 Å². The van der Waals surface area contributed by atoms with E-state index in [0.717, 1.165) is 10.8 Å². The second-order valence-corrected chi connectivity index (χ2v) is 7.42. The molecule has 6 nitrogen and oxygen atoms in total. The summed E-state index contributed by atoms with van der Waals surface area (Å²) in [6.07, 6.45) is 0. The standard InChI is InChI=1S/C22H16FN3O3S/c1-13(27)24-14-7-9-18(23)17(11-14)21(28)26-22-25-19-10-8-16(12-20(19)30-22)29-15-5-3-2-4-6-15/h2-12H,1H3,(H,24,27)(H,25,26,28). The Morgan fingerprint density at radius 2 is 1.77 bits per heavy atom. The zero-order valence-corrected chi connectivity index (χ0v) is 16.6. The summed E-state index contributed by atoms with van der Waals surface area (Å²) < 4.78 is 20.7. The fourth-order valence-corrected chi connectivity index (χ4v) is 3.68. The number of para-hydroxylation sites is 1. The predicted octanol–water partition coefficient (Wildman–Crippen LogP) is 5.44. The third kappa shape index (κ3) is 4.44. The van der Waals surface area contributed by atoms with E-state index >= 15 is 0 Å². The van der Waals surface area contributed by atoms with Gasteiger partial charge in [-0.05, 0) is 42.5 Å². The van der Waals surface area contributed by atoms with Crippen LogP contribution in [0.25, 0.3) is 10.2 Å². The minimum atomic E-state index is -0.693. The van der Waals surface area contributed by atoms with Crippen molar-refractivity contribution in [3.63, 3.8) is 0 Å². The van der Waals surface area contributed by atoms with Gasteiger partial charge in [0.25, 0.3) is 5.91 Å². The van der Waals surface area contributed by atoms with Crippen LogP contribution in [0.5, 0.6) is 11.5 Å². The molecule has 1 aromatic heterocycles. The fourth-order valence-electron chi connectivity index (χ4n) is 2.79. The van der Waals surface area contributed by atoms with Crippen LogP contribution in [-0.4, -0.2) is 16.8 Å². The van der Waals surface area contributed by atoms with E-state index in [4.69, 9.17) is 4.74 Å². The van der Waals surface area contributed by atoms with E-state index in [-0.39, 0.29) is 11.5 Å². The molecule has 8 heteroatoms. The maximum absolute atomic E-state index is 14.1. The average Bonchev–Trinajstić information content (AvgIpc) is 3.11. The Morgan fingerprint density at radius 3 is 2.53 bits per heavy atom. The summed E-state index contributed by atoms with van der Waals surface area (Å²) >= 11 is 1.25. The van der Waals surface area contributed by atoms with Gasteiger partial charge in [-0.3, -0.25) is 14.9 Å². The Morgan fingerprint density at radius 1 is 0.967 bits per heavy atom. The molecule has 0 bridgehead atoms. The van der Waals surface area contributed by atoms with E-state index in [2.05, 4.69) is 15.6 Å². The number of nitrogens with zero attached hydrogens (tertiary/aromatic N) is 1. The summed E-state index contributed by atoms with van der Waals surface area (Å²) in [4.78, 5) is 28.1. The lowest BCUT2D eigenvalue weighted by molar-refractivity contribution is -0.114. The zero-order valence-electron chi connectivity index (χ0n) is 15.8. The van der Waals surface area contributed by atoms with Gasteiger partial charge in [0.15, 0.2) is 5.13 Å². The van der Waals surface area contributed by atoms with Crippen molar-refractivity contribution in [1.29, 1.82) is 0 Å². The third-order valence-electron chi connectivity index (χ3n) is 4.09. The minimum Gasteiger partial charge on any atom is -0.457 e. The molecule has 2 amide bonds. The summed E-state index contributed by atoms with van der Waals surface area (Å²) in [7, 11) is 0. The fraction of sp³-hybridized carbons (Fsp3) is 0.0455. The molecule has 0 spiro atoms. The quantitative estimate of drug-likeness (QED) is 0.450. The first-order chi connectivity index (χ1) is 14.5. The van der Waals surface area contributed by atoms with Crippen molar-refractivity contribution in [1.82, 2.24) is 4.98 Å². The summed E-state index contributed by atoms with van der Waals surface area (Å²) in [5.41, 5.74) is 0.831. The second-order valence-electron chi connectivity index (χ2n) is 6.39. The number of benzene rings is 3. The van der Waals surface area contributed by atoms with Crippen LogP contribution in [0, 0.1) is 5.82 Å². The number of nitrogens with one attached hydrogen (secondary N) is 2. The number of hydrogen-bond donors (Lipinski definition) is 2. The van der Waals surface area contributed by atoms with Gasteiger partial charge in [0, 0.05) is 18.7 Å².